The summed E-state index contributed by atoms with van der Waals surface area (Å²) in [7, 11) is 0. The first-order valence-corrected chi connectivity index (χ1v) is 11.6. The number of carbonyl (C=O) groups is 2. The van der Waals surface area contributed by atoms with Gasteiger partial charge in [-0.25, -0.2) is 4.68 Å². The maximum Gasteiger partial charge on any atom is 0.275 e. The third-order valence-electron chi connectivity index (χ3n) is 5.35. The predicted octanol–water partition coefficient (Wildman–Crippen LogP) is 0.575. The van der Waals surface area contributed by atoms with Gasteiger partial charge in [0.05, 0.1) is 38.0 Å². The zero-order valence-corrected chi connectivity index (χ0v) is 19.3. The minimum Gasteiger partial charge on any atom is -0.385 e. The van der Waals surface area contributed by atoms with Gasteiger partial charge < -0.3 is 25.3 Å². The van der Waals surface area contributed by atoms with Gasteiger partial charge >= 0.3 is 0 Å². The van der Waals surface area contributed by atoms with Crippen LogP contribution in [0.1, 0.15) is 31.7 Å². The van der Waals surface area contributed by atoms with E-state index in [1.807, 2.05) is 12.1 Å². The molecule has 0 radical (unpaired) electrons. The van der Waals surface area contributed by atoms with Crippen molar-refractivity contribution in [2.45, 2.75) is 31.7 Å². The molecule has 0 saturated carbocycles. The standard InChI is InChI=1S/C23H33N5O6/c24-7-1-9-32-11-13-34-14-12-33-10-2-8-25-18-3-4-19-17(15-18)16-26-28(23(19)31)20-5-6-21(29)27-22(20)30/h3-4,15-16,20,25H,1-2,5-14,24H2,(H,27,29,30). The number of nitrogens with one attached hydrogen (secondary N) is 2. The van der Waals surface area contributed by atoms with Crippen LogP contribution in [0.3, 0.4) is 0 Å². The average Bonchev–Trinajstić information content (AvgIpc) is 2.83. The first kappa shape index (κ1) is 25.8. The number of nitrogens with zero attached hydrogens (tertiary/aromatic N) is 2. The van der Waals surface area contributed by atoms with Gasteiger partial charge in [0.1, 0.15) is 6.04 Å². The van der Waals surface area contributed by atoms with Crippen molar-refractivity contribution in [2.24, 2.45) is 5.73 Å². The second-order valence-corrected chi connectivity index (χ2v) is 7.92. The molecule has 1 aromatic heterocycles. The van der Waals surface area contributed by atoms with Gasteiger partial charge in [0.15, 0.2) is 0 Å². The fourth-order valence-corrected chi connectivity index (χ4v) is 3.55. The van der Waals surface area contributed by atoms with Crippen LogP contribution in [0.5, 0.6) is 0 Å². The van der Waals surface area contributed by atoms with E-state index in [-0.39, 0.29) is 24.3 Å². The molecule has 0 bridgehead atoms. The highest BCUT2D eigenvalue weighted by molar-refractivity contribution is 5.99. The van der Waals surface area contributed by atoms with Crippen molar-refractivity contribution < 1.29 is 23.8 Å². The summed E-state index contributed by atoms with van der Waals surface area (Å²) < 4.78 is 17.5. The second kappa shape index (κ2) is 13.8. The molecule has 2 heterocycles. The number of nitrogens with two attached hydrogens (primary N) is 1. The van der Waals surface area contributed by atoms with E-state index in [4.69, 9.17) is 19.9 Å². The lowest BCUT2D eigenvalue weighted by Crippen LogP contribution is -2.45. The van der Waals surface area contributed by atoms with E-state index >= 15 is 0 Å². The van der Waals surface area contributed by atoms with Crippen LogP contribution < -0.4 is 21.9 Å². The maximum atomic E-state index is 12.8. The number of amides is 2. The number of rotatable bonds is 15. The van der Waals surface area contributed by atoms with Gasteiger partial charge in [-0.2, -0.15) is 5.10 Å². The summed E-state index contributed by atoms with van der Waals surface area (Å²) in [6.07, 6.45) is 3.69. The van der Waals surface area contributed by atoms with Crippen molar-refractivity contribution >= 4 is 28.3 Å². The molecule has 1 fully saturated rings. The maximum absolute atomic E-state index is 12.8. The normalized spacial score (nSPS) is 16.1. The molecule has 186 valence electrons. The minimum absolute atomic E-state index is 0.187. The Morgan fingerprint density at radius 1 is 1.03 bits per heavy atom. The van der Waals surface area contributed by atoms with Crippen LogP contribution in [0.4, 0.5) is 5.69 Å². The molecule has 11 heteroatoms. The molecule has 34 heavy (non-hydrogen) atoms. The Kier molecular flexibility index (Phi) is 10.4. The lowest BCUT2D eigenvalue weighted by atomic mass is 10.1. The summed E-state index contributed by atoms with van der Waals surface area (Å²) in [5.41, 5.74) is 5.90. The molecule has 2 aromatic rings. The van der Waals surface area contributed by atoms with Gasteiger partial charge in [-0.15, -0.1) is 0 Å². The van der Waals surface area contributed by atoms with Crippen LogP contribution >= 0.6 is 0 Å². The molecule has 1 unspecified atom stereocenters. The fourth-order valence-electron chi connectivity index (χ4n) is 3.55. The van der Waals surface area contributed by atoms with Crippen molar-refractivity contribution in [3.63, 3.8) is 0 Å². The zero-order chi connectivity index (χ0) is 24.2. The molecule has 3 rings (SSSR count). The van der Waals surface area contributed by atoms with Crippen LogP contribution in [0.15, 0.2) is 29.2 Å². The lowest BCUT2D eigenvalue weighted by Gasteiger charge is -2.21. The monoisotopic (exact) mass is 475 g/mol. The number of fused-ring (bicyclic) bond motifs is 1. The number of carbonyl (C=O) groups excluding carboxylic acids is 2. The van der Waals surface area contributed by atoms with E-state index < -0.39 is 11.9 Å². The van der Waals surface area contributed by atoms with E-state index in [0.717, 1.165) is 23.2 Å². The van der Waals surface area contributed by atoms with E-state index in [1.54, 1.807) is 12.3 Å². The number of aromatic nitrogens is 2. The first-order valence-electron chi connectivity index (χ1n) is 11.6. The van der Waals surface area contributed by atoms with Gasteiger partial charge in [0, 0.05) is 37.3 Å². The molecular formula is C23H33N5O6. The quantitative estimate of drug-likeness (QED) is 0.248. The third kappa shape index (κ3) is 7.59. The van der Waals surface area contributed by atoms with Crippen molar-refractivity contribution in [2.75, 3.05) is 58.0 Å². The Labute approximate surface area is 197 Å². The molecule has 1 saturated heterocycles. The first-order chi connectivity index (χ1) is 16.6. The number of imide groups is 1. The van der Waals surface area contributed by atoms with Crippen molar-refractivity contribution in [1.29, 1.82) is 0 Å². The molecule has 0 aliphatic carbocycles. The van der Waals surface area contributed by atoms with Crippen molar-refractivity contribution in [3.8, 4) is 0 Å². The molecule has 1 atom stereocenters. The zero-order valence-electron chi connectivity index (χ0n) is 19.3. The van der Waals surface area contributed by atoms with E-state index in [0.29, 0.717) is 63.5 Å². The average molecular weight is 476 g/mol. The number of ether oxygens (including phenoxy) is 3. The second-order valence-electron chi connectivity index (χ2n) is 7.92. The predicted molar refractivity (Wildman–Crippen MR) is 127 cm³/mol. The molecule has 2 amide bonds. The van der Waals surface area contributed by atoms with Crippen LogP contribution in [0.25, 0.3) is 10.8 Å². The molecule has 1 aromatic carbocycles. The van der Waals surface area contributed by atoms with Crippen LogP contribution in [-0.4, -0.2) is 74.3 Å². The Hall–Kier alpha value is -2.86. The van der Waals surface area contributed by atoms with E-state index in [9.17, 15) is 14.4 Å². The Morgan fingerprint density at radius 2 is 1.74 bits per heavy atom. The SMILES string of the molecule is NCCCOCCOCCOCCCNc1ccc2c(=O)n(C3CCC(=O)NC3=O)ncc2c1. The van der Waals surface area contributed by atoms with Gasteiger partial charge in [0.25, 0.3) is 11.5 Å². The number of piperidine rings is 1. The number of anilines is 1. The Balaban J connectivity index is 1.36. The van der Waals surface area contributed by atoms with E-state index in [1.165, 1.54) is 0 Å². The minimum atomic E-state index is -0.771. The molecule has 1 aliphatic heterocycles. The number of benzene rings is 1. The van der Waals surface area contributed by atoms with Crippen LogP contribution in [-0.2, 0) is 23.8 Å². The lowest BCUT2D eigenvalue weighted by molar-refractivity contribution is -0.136. The molecule has 0 spiro atoms. The summed E-state index contributed by atoms with van der Waals surface area (Å²) >= 11 is 0. The van der Waals surface area contributed by atoms with Crippen LogP contribution in [0.2, 0.25) is 0 Å². The Bertz CT molecular complexity index is 1010. The summed E-state index contributed by atoms with van der Waals surface area (Å²) in [5, 5.41) is 10.9. The van der Waals surface area contributed by atoms with Gasteiger partial charge in [0.2, 0.25) is 5.91 Å². The third-order valence-corrected chi connectivity index (χ3v) is 5.35. The number of hydrogen-bond donors (Lipinski definition) is 3. The van der Waals surface area contributed by atoms with Crippen molar-refractivity contribution in [1.82, 2.24) is 15.1 Å². The fraction of sp³-hybridized carbons (Fsp3) is 0.565. The molecular weight excluding hydrogens is 442 g/mol. The van der Waals surface area contributed by atoms with Gasteiger partial charge in [-0.05, 0) is 44.0 Å². The summed E-state index contributed by atoms with van der Waals surface area (Å²) in [6, 6.07) is 4.62. The molecule has 1 aliphatic rings. The summed E-state index contributed by atoms with van der Waals surface area (Å²) in [5.74, 6) is -0.825. The highest BCUT2D eigenvalue weighted by Crippen LogP contribution is 2.19. The highest BCUT2D eigenvalue weighted by atomic mass is 16.5. The highest BCUT2D eigenvalue weighted by Gasteiger charge is 2.29. The molecule has 4 N–H and O–H groups in total. The largest absolute Gasteiger partial charge is 0.385 e. The topological polar surface area (TPSA) is 147 Å². The number of hydrogen-bond acceptors (Lipinski definition) is 9. The van der Waals surface area contributed by atoms with Crippen molar-refractivity contribution in [3.05, 3.63) is 34.7 Å². The summed E-state index contributed by atoms with van der Waals surface area (Å²) in [6.45, 7) is 4.79. The summed E-state index contributed by atoms with van der Waals surface area (Å²) in [4.78, 5) is 36.3. The van der Waals surface area contributed by atoms with E-state index in [2.05, 4.69) is 15.7 Å². The van der Waals surface area contributed by atoms with Gasteiger partial charge in [-0.1, -0.05) is 0 Å². The molecule has 11 nitrogen and oxygen atoms in total. The van der Waals surface area contributed by atoms with Gasteiger partial charge in [-0.3, -0.25) is 19.7 Å². The Morgan fingerprint density at radius 3 is 2.44 bits per heavy atom. The van der Waals surface area contributed by atoms with Crippen LogP contribution in [0, 0.1) is 0 Å². The smallest absolute Gasteiger partial charge is 0.275 e.